The van der Waals surface area contributed by atoms with Crippen molar-refractivity contribution in [3.05, 3.63) is 29.6 Å². The molecular weight excluding hydrogens is 164 g/mol. The maximum Gasteiger partial charge on any atom is 0.217 e. The Morgan fingerprint density at radius 3 is 3.00 bits per heavy atom. The SMILES string of the molecule is CCc1cccnc1CNC(C)=O. The number of carbonyl (C=O) groups is 1. The lowest BCUT2D eigenvalue weighted by molar-refractivity contribution is -0.119. The van der Waals surface area contributed by atoms with Gasteiger partial charge in [0.05, 0.1) is 12.2 Å². The molecule has 0 saturated carbocycles. The molecule has 0 unspecified atom stereocenters. The molecule has 3 nitrogen and oxygen atoms in total. The Labute approximate surface area is 78.2 Å². The van der Waals surface area contributed by atoms with Crippen LogP contribution in [0.25, 0.3) is 0 Å². The van der Waals surface area contributed by atoms with E-state index in [9.17, 15) is 4.79 Å². The third-order valence-electron chi connectivity index (χ3n) is 1.87. The molecule has 1 rings (SSSR count). The maximum absolute atomic E-state index is 10.7. The zero-order valence-corrected chi connectivity index (χ0v) is 8.00. The normalized spacial score (nSPS) is 9.69. The summed E-state index contributed by atoms with van der Waals surface area (Å²) in [6.45, 7) is 4.11. The predicted molar refractivity (Wildman–Crippen MR) is 51.1 cm³/mol. The second-order valence-electron chi connectivity index (χ2n) is 2.87. The molecule has 0 fully saturated rings. The van der Waals surface area contributed by atoms with Crippen LogP contribution in [0.1, 0.15) is 25.1 Å². The molecule has 0 aromatic carbocycles. The number of aromatic nitrogens is 1. The average Bonchev–Trinajstić information content (AvgIpc) is 2.15. The van der Waals surface area contributed by atoms with Gasteiger partial charge in [0.25, 0.3) is 0 Å². The summed E-state index contributed by atoms with van der Waals surface area (Å²) in [5, 5.41) is 2.74. The third kappa shape index (κ3) is 2.86. The van der Waals surface area contributed by atoms with Crippen LogP contribution in [-0.2, 0) is 17.8 Å². The van der Waals surface area contributed by atoms with Crippen LogP contribution in [0.2, 0.25) is 0 Å². The lowest BCUT2D eigenvalue weighted by Gasteiger charge is -2.05. The van der Waals surface area contributed by atoms with Crippen molar-refractivity contribution in [2.75, 3.05) is 0 Å². The van der Waals surface area contributed by atoms with Gasteiger partial charge in [0.15, 0.2) is 0 Å². The molecular formula is C10H14N2O. The van der Waals surface area contributed by atoms with Gasteiger partial charge in [0, 0.05) is 13.1 Å². The smallest absolute Gasteiger partial charge is 0.217 e. The third-order valence-corrected chi connectivity index (χ3v) is 1.87. The molecule has 1 aromatic rings. The number of nitrogens with one attached hydrogen (secondary N) is 1. The molecule has 1 amide bonds. The number of carbonyl (C=O) groups excluding carboxylic acids is 1. The molecule has 13 heavy (non-hydrogen) atoms. The monoisotopic (exact) mass is 178 g/mol. The van der Waals surface area contributed by atoms with Gasteiger partial charge in [-0.1, -0.05) is 13.0 Å². The molecule has 0 aliphatic rings. The van der Waals surface area contributed by atoms with E-state index >= 15 is 0 Å². The number of hydrogen-bond acceptors (Lipinski definition) is 2. The van der Waals surface area contributed by atoms with E-state index in [1.165, 1.54) is 12.5 Å². The van der Waals surface area contributed by atoms with E-state index < -0.39 is 0 Å². The van der Waals surface area contributed by atoms with E-state index in [1.54, 1.807) is 6.20 Å². The van der Waals surface area contributed by atoms with Gasteiger partial charge in [-0.25, -0.2) is 0 Å². The largest absolute Gasteiger partial charge is 0.351 e. The van der Waals surface area contributed by atoms with Crippen molar-refractivity contribution in [2.45, 2.75) is 26.8 Å². The van der Waals surface area contributed by atoms with Gasteiger partial charge in [-0.3, -0.25) is 9.78 Å². The summed E-state index contributed by atoms with van der Waals surface area (Å²) in [7, 11) is 0. The number of rotatable bonds is 3. The van der Waals surface area contributed by atoms with E-state index in [0.29, 0.717) is 6.54 Å². The first kappa shape index (κ1) is 9.71. The summed E-state index contributed by atoms with van der Waals surface area (Å²) in [4.78, 5) is 14.9. The van der Waals surface area contributed by atoms with Crippen molar-refractivity contribution in [3.63, 3.8) is 0 Å². The Bertz CT molecular complexity index is 297. The number of amides is 1. The molecule has 0 aliphatic heterocycles. The highest BCUT2D eigenvalue weighted by molar-refractivity contribution is 5.72. The maximum atomic E-state index is 10.7. The van der Waals surface area contributed by atoms with Gasteiger partial charge in [0.2, 0.25) is 5.91 Å². The van der Waals surface area contributed by atoms with Gasteiger partial charge in [-0.2, -0.15) is 0 Å². The second kappa shape index (κ2) is 4.60. The fourth-order valence-electron chi connectivity index (χ4n) is 1.16. The first-order chi connectivity index (χ1) is 6.24. The van der Waals surface area contributed by atoms with Crippen LogP contribution >= 0.6 is 0 Å². The zero-order chi connectivity index (χ0) is 9.68. The van der Waals surface area contributed by atoms with E-state index in [0.717, 1.165) is 12.1 Å². The quantitative estimate of drug-likeness (QED) is 0.757. The molecule has 0 saturated heterocycles. The minimum Gasteiger partial charge on any atom is -0.351 e. The van der Waals surface area contributed by atoms with Crippen molar-refractivity contribution >= 4 is 5.91 Å². The standard InChI is InChI=1S/C10H14N2O/c1-3-9-5-4-6-11-10(9)7-12-8(2)13/h4-6H,3,7H2,1-2H3,(H,12,13). The molecule has 0 aliphatic carbocycles. The van der Waals surface area contributed by atoms with E-state index in [4.69, 9.17) is 0 Å². The molecule has 0 radical (unpaired) electrons. The zero-order valence-electron chi connectivity index (χ0n) is 8.00. The molecule has 0 bridgehead atoms. The summed E-state index contributed by atoms with van der Waals surface area (Å²) >= 11 is 0. The molecule has 3 heteroatoms. The van der Waals surface area contributed by atoms with E-state index in [1.807, 2.05) is 12.1 Å². The van der Waals surface area contributed by atoms with Crippen LogP contribution < -0.4 is 5.32 Å². The Morgan fingerprint density at radius 2 is 2.38 bits per heavy atom. The molecule has 0 atom stereocenters. The van der Waals surface area contributed by atoms with Gasteiger partial charge >= 0.3 is 0 Å². The van der Waals surface area contributed by atoms with Crippen LogP contribution in [0.4, 0.5) is 0 Å². The fourth-order valence-corrected chi connectivity index (χ4v) is 1.16. The summed E-state index contributed by atoms with van der Waals surface area (Å²) < 4.78 is 0. The Hall–Kier alpha value is -1.38. The topological polar surface area (TPSA) is 42.0 Å². The minimum atomic E-state index is -0.0206. The lowest BCUT2D eigenvalue weighted by atomic mass is 10.1. The molecule has 70 valence electrons. The summed E-state index contributed by atoms with van der Waals surface area (Å²) in [6, 6.07) is 3.94. The van der Waals surface area contributed by atoms with Gasteiger partial charge in [-0.05, 0) is 18.1 Å². The van der Waals surface area contributed by atoms with Crippen molar-refractivity contribution in [1.29, 1.82) is 0 Å². The van der Waals surface area contributed by atoms with Crippen molar-refractivity contribution in [2.24, 2.45) is 0 Å². The highest BCUT2D eigenvalue weighted by atomic mass is 16.1. The Morgan fingerprint density at radius 1 is 1.62 bits per heavy atom. The number of pyridine rings is 1. The minimum absolute atomic E-state index is 0.0206. The number of hydrogen-bond donors (Lipinski definition) is 1. The summed E-state index contributed by atoms with van der Waals surface area (Å²) in [6.07, 6.45) is 2.69. The van der Waals surface area contributed by atoms with Crippen molar-refractivity contribution in [3.8, 4) is 0 Å². The van der Waals surface area contributed by atoms with Gasteiger partial charge in [0.1, 0.15) is 0 Å². The number of aryl methyl sites for hydroxylation is 1. The van der Waals surface area contributed by atoms with E-state index in [2.05, 4.69) is 17.2 Å². The van der Waals surface area contributed by atoms with Gasteiger partial charge < -0.3 is 5.32 Å². The van der Waals surface area contributed by atoms with Gasteiger partial charge in [-0.15, -0.1) is 0 Å². The second-order valence-corrected chi connectivity index (χ2v) is 2.87. The summed E-state index contributed by atoms with van der Waals surface area (Å²) in [5.41, 5.74) is 2.15. The fraction of sp³-hybridized carbons (Fsp3) is 0.400. The van der Waals surface area contributed by atoms with Crippen LogP contribution in [-0.4, -0.2) is 10.9 Å². The van der Waals surface area contributed by atoms with Crippen LogP contribution in [0.15, 0.2) is 18.3 Å². The average molecular weight is 178 g/mol. The molecule has 1 N–H and O–H groups in total. The van der Waals surface area contributed by atoms with Crippen LogP contribution in [0.3, 0.4) is 0 Å². The molecule has 1 heterocycles. The van der Waals surface area contributed by atoms with Crippen LogP contribution in [0, 0.1) is 0 Å². The summed E-state index contributed by atoms with van der Waals surface area (Å²) in [5.74, 6) is -0.0206. The molecule has 1 aromatic heterocycles. The van der Waals surface area contributed by atoms with E-state index in [-0.39, 0.29) is 5.91 Å². The van der Waals surface area contributed by atoms with Crippen molar-refractivity contribution < 1.29 is 4.79 Å². The number of nitrogens with zero attached hydrogens (tertiary/aromatic N) is 1. The first-order valence-corrected chi connectivity index (χ1v) is 4.41. The molecule has 0 spiro atoms. The van der Waals surface area contributed by atoms with Crippen LogP contribution in [0.5, 0.6) is 0 Å². The predicted octanol–water partition coefficient (Wildman–Crippen LogP) is 1.28. The van der Waals surface area contributed by atoms with Crippen molar-refractivity contribution in [1.82, 2.24) is 10.3 Å². The highest BCUT2D eigenvalue weighted by Crippen LogP contribution is 2.05. The highest BCUT2D eigenvalue weighted by Gasteiger charge is 2.00. The Kier molecular flexibility index (Phi) is 3.43. The first-order valence-electron chi connectivity index (χ1n) is 4.41. The lowest BCUT2D eigenvalue weighted by Crippen LogP contribution is -2.20. The Balaban J connectivity index is 2.69.